The van der Waals surface area contributed by atoms with Gasteiger partial charge in [0.05, 0.1) is 4.92 Å². The van der Waals surface area contributed by atoms with Crippen LogP contribution in [-0.4, -0.2) is 14.9 Å². The Bertz CT molecular complexity index is 616. The second kappa shape index (κ2) is 6.33. The van der Waals surface area contributed by atoms with Gasteiger partial charge in [-0.05, 0) is 18.6 Å². The van der Waals surface area contributed by atoms with Gasteiger partial charge >= 0.3 is 0 Å². The minimum absolute atomic E-state index is 0.0724. The largest absolute Gasteiger partial charge is 0.384 e. The van der Waals surface area contributed by atoms with Crippen molar-refractivity contribution in [1.82, 2.24) is 9.97 Å². The van der Waals surface area contributed by atoms with E-state index in [4.69, 9.17) is 5.73 Å². The average Bonchev–Trinajstić information content (AvgIpc) is 2.39. The van der Waals surface area contributed by atoms with Crippen molar-refractivity contribution in [2.24, 2.45) is 0 Å². The minimum atomic E-state index is -0.420. The molecule has 1 aromatic heterocycles. The quantitative estimate of drug-likeness (QED) is 0.516. The maximum absolute atomic E-state index is 10.6. The van der Waals surface area contributed by atoms with Gasteiger partial charge in [0.25, 0.3) is 5.69 Å². The zero-order chi connectivity index (χ0) is 14.5. The van der Waals surface area contributed by atoms with Crippen LogP contribution in [0.15, 0.2) is 40.3 Å². The molecule has 2 N–H and O–H groups in total. The molecule has 6 nitrogen and oxygen atoms in total. The Kier molecular flexibility index (Phi) is 4.52. The Morgan fingerprint density at radius 3 is 2.60 bits per heavy atom. The normalized spacial score (nSPS) is 10.4. The van der Waals surface area contributed by atoms with Gasteiger partial charge in [-0.2, -0.15) is 0 Å². The number of aromatic nitrogens is 2. The van der Waals surface area contributed by atoms with E-state index in [0.29, 0.717) is 5.82 Å². The Balaban J connectivity index is 2.18. The molecule has 0 unspecified atom stereocenters. The monoisotopic (exact) mass is 290 g/mol. The summed E-state index contributed by atoms with van der Waals surface area (Å²) in [5.74, 6) is 1.16. The van der Waals surface area contributed by atoms with Crippen molar-refractivity contribution in [2.45, 2.75) is 29.7 Å². The number of non-ortho nitro benzene ring substituents is 1. The Morgan fingerprint density at radius 1 is 1.30 bits per heavy atom. The molecule has 20 heavy (non-hydrogen) atoms. The predicted octanol–water partition coefficient (Wildman–Crippen LogP) is 3.07. The van der Waals surface area contributed by atoms with E-state index in [9.17, 15) is 10.1 Å². The van der Waals surface area contributed by atoms with E-state index in [2.05, 4.69) is 16.9 Å². The highest BCUT2D eigenvalue weighted by atomic mass is 32.2. The SMILES string of the molecule is CCCc1nc(N)cc(Sc2ccc([N+](=O)[O-])cc2)n1. The standard InChI is InChI=1S/C13H14N4O2S/c1-2-3-12-15-11(14)8-13(16-12)20-10-6-4-9(5-7-10)17(18)19/h4-8H,2-3H2,1H3,(H2,14,15,16). The van der Waals surface area contributed by atoms with Gasteiger partial charge in [-0.1, -0.05) is 18.7 Å². The van der Waals surface area contributed by atoms with E-state index in [1.807, 2.05) is 0 Å². The highest BCUT2D eigenvalue weighted by Crippen LogP contribution is 2.28. The third kappa shape index (κ3) is 3.67. The maximum Gasteiger partial charge on any atom is 0.269 e. The lowest BCUT2D eigenvalue weighted by molar-refractivity contribution is -0.384. The zero-order valence-electron chi connectivity index (χ0n) is 10.9. The lowest BCUT2D eigenvalue weighted by Crippen LogP contribution is -2.00. The first-order chi connectivity index (χ1) is 9.58. The van der Waals surface area contributed by atoms with E-state index in [-0.39, 0.29) is 5.69 Å². The molecule has 0 saturated carbocycles. The van der Waals surface area contributed by atoms with E-state index in [0.717, 1.165) is 28.6 Å². The van der Waals surface area contributed by atoms with Crippen molar-refractivity contribution in [3.8, 4) is 0 Å². The summed E-state index contributed by atoms with van der Waals surface area (Å²) < 4.78 is 0. The molecule has 0 amide bonds. The lowest BCUT2D eigenvalue weighted by atomic mass is 10.3. The number of nitro benzene ring substituents is 1. The summed E-state index contributed by atoms with van der Waals surface area (Å²) >= 11 is 1.41. The number of nitro groups is 1. The summed E-state index contributed by atoms with van der Waals surface area (Å²) in [4.78, 5) is 19.6. The lowest BCUT2D eigenvalue weighted by Gasteiger charge is -2.04. The Labute approximate surface area is 120 Å². The van der Waals surface area contributed by atoms with Crippen molar-refractivity contribution in [2.75, 3.05) is 5.73 Å². The van der Waals surface area contributed by atoms with Crippen LogP contribution in [0, 0.1) is 10.1 Å². The molecule has 2 rings (SSSR count). The molecule has 1 aromatic carbocycles. The number of aryl methyl sites for hydroxylation is 1. The van der Waals surface area contributed by atoms with E-state index in [1.165, 1.54) is 23.9 Å². The summed E-state index contributed by atoms with van der Waals surface area (Å²) in [5, 5.41) is 11.3. The van der Waals surface area contributed by atoms with Gasteiger partial charge < -0.3 is 5.73 Å². The highest BCUT2D eigenvalue weighted by molar-refractivity contribution is 7.99. The van der Waals surface area contributed by atoms with Crippen molar-refractivity contribution < 1.29 is 4.92 Å². The van der Waals surface area contributed by atoms with Crippen molar-refractivity contribution >= 4 is 23.3 Å². The summed E-state index contributed by atoms with van der Waals surface area (Å²) in [5.41, 5.74) is 5.83. The smallest absolute Gasteiger partial charge is 0.269 e. The highest BCUT2D eigenvalue weighted by Gasteiger charge is 2.07. The van der Waals surface area contributed by atoms with Crippen LogP contribution < -0.4 is 5.73 Å². The second-order valence-electron chi connectivity index (χ2n) is 4.15. The molecule has 0 aliphatic heterocycles. The van der Waals surface area contributed by atoms with Gasteiger partial charge in [0.2, 0.25) is 0 Å². The molecular weight excluding hydrogens is 276 g/mol. The van der Waals surface area contributed by atoms with E-state index in [1.54, 1.807) is 18.2 Å². The van der Waals surface area contributed by atoms with E-state index >= 15 is 0 Å². The molecule has 0 fully saturated rings. The fourth-order valence-corrected chi connectivity index (χ4v) is 2.48. The van der Waals surface area contributed by atoms with Crippen LogP contribution in [0.5, 0.6) is 0 Å². The zero-order valence-corrected chi connectivity index (χ0v) is 11.8. The number of anilines is 1. The first-order valence-corrected chi connectivity index (χ1v) is 6.96. The van der Waals surface area contributed by atoms with Crippen molar-refractivity contribution in [3.63, 3.8) is 0 Å². The molecular formula is C13H14N4O2S. The van der Waals surface area contributed by atoms with Gasteiger partial charge in [0.1, 0.15) is 16.7 Å². The Morgan fingerprint density at radius 2 is 2.00 bits per heavy atom. The molecule has 0 bridgehead atoms. The molecule has 7 heteroatoms. The summed E-state index contributed by atoms with van der Waals surface area (Å²) in [7, 11) is 0. The van der Waals surface area contributed by atoms with Gasteiger partial charge in [-0.15, -0.1) is 0 Å². The van der Waals surface area contributed by atoms with Crippen molar-refractivity contribution in [1.29, 1.82) is 0 Å². The molecule has 0 radical (unpaired) electrons. The third-order valence-electron chi connectivity index (χ3n) is 2.51. The van der Waals surface area contributed by atoms with Gasteiger partial charge in [-0.25, -0.2) is 9.97 Å². The first kappa shape index (κ1) is 14.3. The predicted molar refractivity (Wildman–Crippen MR) is 77.7 cm³/mol. The minimum Gasteiger partial charge on any atom is -0.384 e. The topological polar surface area (TPSA) is 94.9 Å². The van der Waals surface area contributed by atoms with Gasteiger partial charge in [-0.3, -0.25) is 10.1 Å². The second-order valence-corrected chi connectivity index (χ2v) is 5.24. The number of hydrogen-bond acceptors (Lipinski definition) is 6. The van der Waals surface area contributed by atoms with Crippen LogP contribution in [0.4, 0.5) is 11.5 Å². The van der Waals surface area contributed by atoms with Crippen LogP contribution in [0.3, 0.4) is 0 Å². The number of nitrogen functional groups attached to an aromatic ring is 1. The first-order valence-electron chi connectivity index (χ1n) is 6.14. The van der Waals surface area contributed by atoms with E-state index < -0.39 is 4.92 Å². The summed E-state index contributed by atoms with van der Waals surface area (Å²) in [6.45, 7) is 2.05. The Hall–Kier alpha value is -2.15. The molecule has 0 atom stereocenters. The number of benzene rings is 1. The number of nitrogens with zero attached hydrogens (tertiary/aromatic N) is 3. The molecule has 2 aromatic rings. The molecule has 0 saturated heterocycles. The van der Waals surface area contributed by atoms with Crippen LogP contribution in [0.1, 0.15) is 19.2 Å². The molecule has 104 valence electrons. The molecule has 1 heterocycles. The average molecular weight is 290 g/mol. The van der Waals surface area contributed by atoms with Crippen LogP contribution in [-0.2, 0) is 6.42 Å². The number of rotatable bonds is 5. The van der Waals surface area contributed by atoms with Crippen molar-refractivity contribution in [3.05, 3.63) is 46.3 Å². The van der Waals surface area contributed by atoms with Gasteiger partial charge in [0, 0.05) is 29.5 Å². The summed E-state index contributed by atoms with van der Waals surface area (Å²) in [6.07, 6.45) is 1.73. The molecule has 0 aliphatic rings. The van der Waals surface area contributed by atoms with Crippen LogP contribution >= 0.6 is 11.8 Å². The van der Waals surface area contributed by atoms with Gasteiger partial charge in [0.15, 0.2) is 0 Å². The number of nitrogens with two attached hydrogens (primary N) is 1. The maximum atomic E-state index is 10.6. The number of hydrogen-bond donors (Lipinski definition) is 1. The fourth-order valence-electron chi connectivity index (χ4n) is 1.64. The third-order valence-corrected chi connectivity index (χ3v) is 3.44. The molecule has 0 aliphatic carbocycles. The fraction of sp³-hybridized carbons (Fsp3) is 0.231. The summed E-state index contributed by atoms with van der Waals surface area (Å²) in [6, 6.07) is 8.03. The van der Waals surface area contributed by atoms with Crippen LogP contribution in [0.2, 0.25) is 0 Å². The molecule has 0 spiro atoms. The van der Waals surface area contributed by atoms with Crippen LogP contribution in [0.25, 0.3) is 0 Å².